The van der Waals surface area contributed by atoms with Gasteiger partial charge >= 0.3 is 0 Å². The number of aliphatic hydroxyl groups excluding tert-OH is 1. The summed E-state index contributed by atoms with van der Waals surface area (Å²) in [6, 6.07) is 12.6. The lowest BCUT2D eigenvalue weighted by molar-refractivity contribution is 0.205. The van der Waals surface area contributed by atoms with Gasteiger partial charge in [0.1, 0.15) is 0 Å². The normalized spacial score (nSPS) is 22.2. The lowest BCUT2D eigenvalue weighted by Gasteiger charge is -2.18. The minimum Gasteiger partial charge on any atom is -0.396 e. The summed E-state index contributed by atoms with van der Waals surface area (Å²) < 4.78 is 1.90. The molecule has 1 aromatic heterocycles. The van der Waals surface area contributed by atoms with E-state index < -0.39 is 0 Å². The Hall–Kier alpha value is -1.65. The van der Waals surface area contributed by atoms with E-state index in [1.807, 2.05) is 47.3 Å². The molecule has 0 aliphatic heterocycles. The second-order valence-electron chi connectivity index (χ2n) is 5.45. The molecule has 1 aliphatic carbocycles. The number of aliphatic hydroxyl groups is 1. The second-order valence-corrected chi connectivity index (χ2v) is 5.45. The van der Waals surface area contributed by atoms with Gasteiger partial charge in [-0.05, 0) is 37.0 Å². The fourth-order valence-corrected chi connectivity index (χ4v) is 2.94. The first-order valence-electron chi connectivity index (χ1n) is 7.31. The van der Waals surface area contributed by atoms with E-state index in [0.717, 1.165) is 30.8 Å². The topological polar surface area (TPSA) is 50.1 Å². The van der Waals surface area contributed by atoms with Crippen LogP contribution in [0.2, 0.25) is 0 Å². The molecule has 1 fully saturated rings. The zero-order valence-corrected chi connectivity index (χ0v) is 11.6. The van der Waals surface area contributed by atoms with Crippen LogP contribution in [0.3, 0.4) is 0 Å². The van der Waals surface area contributed by atoms with Gasteiger partial charge < -0.3 is 10.4 Å². The first-order chi connectivity index (χ1) is 9.86. The average Bonchev–Trinajstić information content (AvgIpc) is 3.15. The number of nitrogens with one attached hydrogen (secondary N) is 1. The molecule has 4 heteroatoms. The quantitative estimate of drug-likeness (QED) is 0.876. The zero-order chi connectivity index (χ0) is 13.8. The van der Waals surface area contributed by atoms with Crippen molar-refractivity contribution in [3.8, 4) is 5.69 Å². The molecule has 1 aromatic carbocycles. The number of para-hydroxylation sites is 1. The van der Waals surface area contributed by atoms with E-state index in [4.69, 9.17) is 0 Å². The van der Waals surface area contributed by atoms with E-state index in [9.17, 15) is 5.11 Å². The van der Waals surface area contributed by atoms with E-state index >= 15 is 0 Å². The Morgan fingerprint density at radius 2 is 2.05 bits per heavy atom. The number of nitrogens with zero attached hydrogens (tertiary/aromatic N) is 2. The third-order valence-corrected chi connectivity index (χ3v) is 4.10. The second kappa shape index (κ2) is 6.20. The zero-order valence-electron chi connectivity index (χ0n) is 11.6. The fraction of sp³-hybridized carbons (Fsp3) is 0.438. The number of hydrogen-bond acceptors (Lipinski definition) is 3. The van der Waals surface area contributed by atoms with Gasteiger partial charge in [-0.15, -0.1) is 0 Å². The summed E-state index contributed by atoms with van der Waals surface area (Å²) in [6.45, 7) is 1.05. The molecule has 1 aliphatic rings. The van der Waals surface area contributed by atoms with Gasteiger partial charge in [0.05, 0.1) is 11.4 Å². The first-order valence-corrected chi connectivity index (χ1v) is 7.31. The highest BCUT2D eigenvalue weighted by Crippen LogP contribution is 2.25. The fourth-order valence-electron chi connectivity index (χ4n) is 2.94. The van der Waals surface area contributed by atoms with Gasteiger partial charge in [-0.2, -0.15) is 5.10 Å². The van der Waals surface area contributed by atoms with Crippen LogP contribution in [0.5, 0.6) is 0 Å². The van der Waals surface area contributed by atoms with Crippen molar-refractivity contribution in [2.45, 2.75) is 31.8 Å². The highest BCUT2D eigenvalue weighted by molar-refractivity contribution is 5.30. The van der Waals surface area contributed by atoms with Crippen molar-refractivity contribution in [3.63, 3.8) is 0 Å². The molecule has 1 saturated carbocycles. The van der Waals surface area contributed by atoms with Gasteiger partial charge in [0.15, 0.2) is 0 Å². The molecule has 3 rings (SSSR count). The largest absolute Gasteiger partial charge is 0.396 e. The van der Waals surface area contributed by atoms with E-state index in [0.29, 0.717) is 12.0 Å². The smallest absolute Gasteiger partial charge is 0.0766 e. The van der Waals surface area contributed by atoms with Crippen molar-refractivity contribution in [1.82, 2.24) is 15.1 Å². The van der Waals surface area contributed by atoms with Crippen LogP contribution in [0, 0.1) is 5.92 Å². The Labute approximate surface area is 119 Å². The maximum Gasteiger partial charge on any atom is 0.0766 e. The monoisotopic (exact) mass is 271 g/mol. The van der Waals surface area contributed by atoms with Gasteiger partial charge in [0.25, 0.3) is 0 Å². The van der Waals surface area contributed by atoms with Crippen molar-refractivity contribution in [3.05, 3.63) is 48.3 Å². The van der Waals surface area contributed by atoms with E-state index in [1.165, 1.54) is 6.42 Å². The van der Waals surface area contributed by atoms with E-state index in [2.05, 4.69) is 10.4 Å². The van der Waals surface area contributed by atoms with E-state index in [-0.39, 0.29) is 6.61 Å². The van der Waals surface area contributed by atoms with Crippen molar-refractivity contribution < 1.29 is 5.11 Å². The molecule has 2 N–H and O–H groups in total. The molecule has 20 heavy (non-hydrogen) atoms. The summed E-state index contributed by atoms with van der Waals surface area (Å²) in [5, 5.41) is 17.4. The maximum atomic E-state index is 9.33. The molecule has 2 unspecified atom stereocenters. The molecule has 1 heterocycles. The molecule has 0 saturated heterocycles. The molecule has 0 radical (unpaired) electrons. The molecule has 4 nitrogen and oxygen atoms in total. The third kappa shape index (κ3) is 2.92. The summed E-state index contributed by atoms with van der Waals surface area (Å²) in [4.78, 5) is 0. The highest BCUT2D eigenvalue weighted by atomic mass is 16.3. The number of benzene rings is 1. The predicted octanol–water partition coefficient (Wildman–Crippen LogP) is 2.12. The molecule has 0 bridgehead atoms. The lowest BCUT2D eigenvalue weighted by atomic mass is 10.1. The van der Waals surface area contributed by atoms with Gasteiger partial charge in [-0.1, -0.05) is 24.6 Å². The lowest BCUT2D eigenvalue weighted by Crippen LogP contribution is -2.33. The SMILES string of the molecule is OCC1CCCC1NCc1ccn(-c2ccccc2)n1. The van der Waals surface area contributed by atoms with Crippen LogP contribution in [-0.2, 0) is 6.54 Å². The minimum atomic E-state index is 0.288. The Kier molecular flexibility index (Phi) is 4.14. The van der Waals surface area contributed by atoms with E-state index in [1.54, 1.807) is 0 Å². The molecular weight excluding hydrogens is 250 g/mol. The van der Waals surface area contributed by atoms with Crippen LogP contribution in [0.25, 0.3) is 5.69 Å². The van der Waals surface area contributed by atoms with Gasteiger partial charge in [0.2, 0.25) is 0 Å². The summed E-state index contributed by atoms with van der Waals surface area (Å²) >= 11 is 0. The van der Waals surface area contributed by atoms with Gasteiger partial charge in [0, 0.05) is 25.4 Å². The average molecular weight is 271 g/mol. The van der Waals surface area contributed by atoms with Crippen molar-refractivity contribution in [2.75, 3.05) is 6.61 Å². The molecule has 106 valence electrons. The number of aromatic nitrogens is 2. The maximum absolute atomic E-state index is 9.33. The molecule has 2 aromatic rings. The summed E-state index contributed by atoms with van der Waals surface area (Å²) in [5.74, 6) is 0.409. The molecule has 0 spiro atoms. The van der Waals surface area contributed by atoms with Gasteiger partial charge in [-0.3, -0.25) is 0 Å². The van der Waals surface area contributed by atoms with Crippen LogP contribution >= 0.6 is 0 Å². The van der Waals surface area contributed by atoms with Crippen molar-refractivity contribution in [1.29, 1.82) is 0 Å². The van der Waals surface area contributed by atoms with Crippen molar-refractivity contribution >= 4 is 0 Å². The Bertz CT molecular complexity index is 538. The van der Waals surface area contributed by atoms with Crippen LogP contribution < -0.4 is 5.32 Å². The Balaban J connectivity index is 1.60. The molecule has 0 amide bonds. The van der Waals surface area contributed by atoms with Crippen LogP contribution in [0.1, 0.15) is 25.0 Å². The van der Waals surface area contributed by atoms with Crippen molar-refractivity contribution in [2.24, 2.45) is 5.92 Å². The number of hydrogen-bond donors (Lipinski definition) is 2. The van der Waals surface area contributed by atoms with Crippen LogP contribution in [0.15, 0.2) is 42.6 Å². The summed E-state index contributed by atoms with van der Waals surface area (Å²) in [7, 11) is 0. The summed E-state index contributed by atoms with van der Waals surface area (Å²) in [5.41, 5.74) is 2.12. The Morgan fingerprint density at radius 1 is 1.20 bits per heavy atom. The van der Waals surface area contributed by atoms with Gasteiger partial charge in [-0.25, -0.2) is 4.68 Å². The number of rotatable bonds is 5. The predicted molar refractivity (Wildman–Crippen MR) is 78.6 cm³/mol. The standard InChI is InChI=1S/C16H21N3O/c20-12-13-5-4-8-16(13)17-11-14-9-10-19(18-14)15-6-2-1-3-7-15/h1-3,6-7,9-10,13,16-17,20H,4-5,8,11-12H2. The minimum absolute atomic E-state index is 0.288. The third-order valence-electron chi connectivity index (χ3n) is 4.10. The highest BCUT2D eigenvalue weighted by Gasteiger charge is 2.25. The molecular formula is C16H21N3O. The van der Waals surface area contributed by atoms with Crippen LogP contribution in [-0.4, -0.2) is 27.5 Å². The Morgan fingerprint density at radius 3 is 2.85 bits per heavy atom. The first kappa shape index (κ1) is 13.3. The van der Waals surface area contributed by atoms with Crippen LogP contribution in [0.4, 0.5) is 0 Å². The summed E-state index contributed by atoms with van der Waals surface area (Å²) in [6.07, 6.45) is 5.49. The molecule has 2 atom stereocenters.